The predicted molar refractivity (Wildman–Crippen MR) is 92.8 cm³/mol. The molecule has 0 aliphatic carbocycles. The molecule has 2 aromatic rings. The molecule has 0 spiro atoms. The third-order valence-corrected chi connectivity index (χ3v) is 3.57. The van der Waals surface area contributed by atoms with Gasteiger partial charge in [-0.3, -0.25) is 10.9 Å². The first-order valence-corrected chi connectivity index (χ1v) is 7.23. The Hall–Kier alpha value is -2.02. The van der Waals surface area contributed by atoms with E-state index in [0.29, 0.717) is 26.5 Å². The number of nitrogens with one attached hydrogen (secondary N) is 3. The molecule has 4 N–H and O–H groups in total. The van der Waals surface area contributed by atoms with Gasteiger partial charge in [-0.05, 0) is 54.7 Å². The van der Waals surface area contributed by atoms with Crippen molar-refractivity contribution in [3.8, 4) is 0 Å². The van der Waals surface area contributed by atoms with Gasteiger partial charge in [-0.2, -0.15) is 0 Å². The summed E-state index contributed by atoms with van der Waals surface area (Å²) in [6, 6.07) is 11.3. The van der Waals surface area contributed by atoms with E-state index in [4.69, 9.17) is 40.5 Å². The fourth-order valence-corrected chi connectivity index (χ4v) is 2.03. The molecule has 0 aromatic heterocycles. The van der Waals surface area contributed by atoms with Crippen LogP contribution in [-0.2, 0) is 0 Å². The van der Waals surface area contributed by atoms with Gasteiger partial charge in [0.1, 0.15) is 0 Å². The first kappa shape index (κ1) is 16.4. The van der Waals surface area contributed by atoms with Crippen molar-refractivity contribution in [1.82, 2.24) is 5.43 Å². The number of aromatic carboxylic acids is 1. The molecule has 0 aliphatic rings. The van der Waals surface area contributed by atoms with E-state index in [1.807, 2.05) is 0 Å². The first-order chi connectivity index (χ1) is 10.5. The molecule has 0 bridgehead atoms. The molecule has 0 heterocycles. The Morgan fingerprint density at radius 3 is 2.23 bits per heavy atom. The maximum Gasteiger partial charge on any atom is 0.335 e. The van der Waals surface area contributed by atoms with Crippen molar-refractivity contribution >= 4 is 57.9 Å². The molecule has 0 amide bonds. The van der Waals surface area contributed by atoms with Crippen LogP contribution in [0.5, 0.6) is 0 Å². The third kappa shape index (κ3) is 4.49. The van der Waals surface area contributed by atoms with E-state index < -0.39 is 5.97 Å². The molecule has 0 radical (unpaired) electrons. The fraction of sp³-hybridized carbons (Fsp3) is 0. The highest BCUT2D eigenvalue weighted by atomic mass is 35.5. The zero-order valence-corrected chi connectivity index (χ0v) is 13.4. The van der Waals surface area contributed by atoms with Gasteiger partial charge >= 0.3 is 5.97 Å². The molecule has 0 fully saturated rings. The highest BCUT2D eigenvalue weighted by Crippen LogP contribution is 2.24. The summed E-state index contributed by atoms with van der Waals surface area (Å²) < 4.78 is 0. The number of halogens is 2. The van der Waals surface area contributed by atoms with Gasteiger partial charge in [-0.1, -0.05) is 23.2 Å². The maximum absolute atomic E-state index is 10.7. The zero-order valence-electron chi connectivity index (χ0n) is 11.1. The number of anilines is 2. The maximum atomic E-state index is 10.7. The van der Waals surface area contributed by atoms with Gasteiger partial charge in [-0.15, -0.1) is 0 Å². The van der Waals surface area contributed by atoms with Crippen molar-refractivity contribution in [3.63, 3.8) is 0 Å². The molecule has 22 heavy (non-hydrogen) atoms. The molecule has 0 unspecified atom stereocenters. The van der Waals surface area contributed by atoms with Gasteiger partial charge in [0.25, 0.3) is 0 Å². The molecule has 0 aliphatic heterocycles. The summed E-state index contributed by atoms with van der Waals surface area (Å²) in [6.45, 7) is 0. The fourth-order valence-electron chi connectivity index (χ4n) is 1.56. The van der Waals surface area contributed by atoms with Crippen LogP contribution in [0.25, 0.3) is 0 Å². The number of carboxylic acids is 1. The lowest BCUT2D eigenvalue weighted by Gasteiger charge is -2.13. The number of benzene rings is 2. The van der Waals surface area contributed by atoms with E-state index in [1.54, 1.807) is 30.3 Å². The van der Waals surface area contributed by atoms with Crippen molar-refractivity contribution in [3.05, 3.63) is 58.1 Å². The Balaban J connectivity index is 1.89. The largest absolute Gasteiger partial charge is 0.478 e. The molecule has 8 heteroatoms. The number of hydrogen-bond acceptors (Lipinski definition) is 3. The molecular formula is C14H11Cl2N3O2S. The molecular weight excluding hydrogens is 345 g/mol. The summed E-state index contributed by atoms with van der Waals surface area (Å²) in [5, 5.41) is 12.9. The van der Waals surface area contributed by atoms with Gasteiger partial charge < -0.3 is 10.4 Å². The van der Waals surface area contributed by atoms with E-state index in [9.17, 15) is 4.79 Å². The Bertz CT molecular complexity index is 708. The van der Waals surface area contributed by atoms with E-state index in [0.717, 1.165) is 0 Å². The van der Waals surface area contributed by atoms with Crippen molar-refractivity contribution in [1.29, 1.82) is 0 Å². The van der Waals surface area contributed by atoms with Crippen molar-refractivity contribution in [2.45, 2.75) is 0 Å². The number of thiocarbonyl (C=S) groups is 1. The number of hydrazine groups is 1. The molecule has 0 saturated carbocycles. The topological polar surface area (TPSA) is 73.4 Å². The summed E-state index contributed by atoms with van der Waals surface area (Å²) in [6.07, 6.45) is 0. The summed E-state index contributed by atoms with van der Waals surface area (Å²) in [7, 11) is 0. The summed E-state index contributed by atoms with van der Waals surface area (Å²) >= 11 is 16.9. The second-order valence-corrected chi connectivity index (χ2v) is 5.44. The van der Waals surface area contributed by atoms with Crippen LogP contribution in [0.1, 0.15) is 10.4 Å². The minimum atomic E-state index is -0.976. The smallest absolute Gasteiger partial charge is 0.335 e. The van der Waals surface area contributed by atoms with Gasteiger partial charge in [0.15, 0.2) is 5.11 Å². The normalized spacial score (nSPS) is 9.91. The first-order valence-electron chi connectivity index (χ1n) is 6.07. The van der Waals surface area contributed by atoms with E-state index in [-0.39, 0.29) is 5.56 Å². The second kappa shape index (κ2) is 7.31. The number of carboxylic acid groups (broad SMARTS) is 1. The summed E-state index contributed by atoms with van der Waals surface area (Å²) in [5.74, 6) is -0.976. The highest BCUT2D eigenvalue weighted by Gasteiger charge is 2.03. The van der Waals surface area contributed by atoms with Crippen LogP contribution in [0.15, 0.2) is 42.5 Å². The lowest BCUT2D eigenvalue weighted by atomic mass is 10.2. The summed E-state index contributed by atoms with van der Waals surface area (Å²) in [4.78, 5) is 10.7. The lowest BCUT2D eigenvalue weighted by Crippen LogP contribution is -2.33. The Kier molecular flexibility index (Phi) is 5.43. The quantitative estimate of drug-likeness (QED) is 0.490. The Labute approximate surface area is 142 Å². The minimum absolute atomic E-state index is 0.210. The average Bonchev–Trinajstić information content (AvgIpc) is 2.49. The van der Waals surface area contributed by atoms with Gasteiger partial charge in [0, 0.05) is 5.69 Å². The van der Waals surface area contributed by atoms with Crippen LogP contribution in [-0.4, -0.2) is 16.2 Å². The zero-order chi connectivity index (χ0) is 16.1. The SMILES string of the molecule is O=C(O)c1ccc(NNC(=S)Nc2ccc(Cl)c(Cl)c2)cc1. The average molecular weight is 356 g/mol. The van der Waals surface area contributed by atoms with E-state index in [2.05, 4.69) is 16.2 Å². The monoisotopic (exact) mass is 355 g/mol. The van der Waals surface area contributed by atoms with Crippen LogP contribution in [0.3, 0.4) is 0 Å². The molecule has 2 rings (SSSR count). The van der Waals surface area contributed by atoms with Crippen molar-refractivity contribution in [2.75, 3.05) is 10.7 Å². The number of carbonyl (C=O) groups is 1. The van der Waals surface area contributed by atoms with E-state index >= 15 is 0 Å². The minimum Gasteiger partial charge on any atom is -0.478 e. The second-order valence-electron chi connectivity index (χ2n) is 4.22. The van der Waals surface area contributed by atoms with Crippen LogP contribution >= 0.6 is 35.4 Å². The predicted octanol–water partition coefficient (Wildman–Crippen LogP) is 4.01. The third-order valence-electron chi connectivity index (χ3n) is 2.63. The van der Waals surface area contributed by atoms with E-state index in [1.165, 1.54) is 12.1 Å². The molecule has 0 atom stereocenters. The molecule has 5 nitrogen and oxygen atoms in total. The van der Waals surface area contributed by atoms with Crippen molar-refractivity contribution in [2.24, 2.45) is 0 Å². The van der Waals surface area contributed by atoms with Crippen LogP contribution in [0.2, 0.25) is 10.0 Å². The van der Waals surface area contributed by atoms with Gasteiger partial charge in [0.05, 0.1) is 21.3 Å². The summed E-state index contributed by atoms with van der Waals surface area (Å²) in [5.41, 5.74) is 7.20. The molecule has 0 saturated heterocycles. The Morgan fingerprint density at radius 2 is 1.64 bits per heavy atom. The van der Waals surface area contributed by atoms with Crippen molar-refractivity contribution < 1.29 is 9.90 Å². The molecule has 114 valence electrons. The van der Waals surface area contributed by atoms with Crippen LogP contribution in [0, 0.1) is 0 Å². The number of hydrogen-bond donors (Lipinski definition) is 4. The van der Waals surface area contributed by atoms with Crippen LogP contribution in [0.4, 0.5) is 11.4 Å². The van der Waals surface area contributed by atoms with Gasteiger partial charge in [0.2, 0.25) is 0 Å². The molecule has 2 aromatic carbocycles. The Morgan fingerprint density at radius 1 is 1.00 bits per heavy atom. The highest BCUT2D eigenvalue weighted by molar-refractivity contribution is 7.80. The number of rotatable bonds is 4. The van der Waals surface area contributed by atoms with Crippen LogP contribution < -0.4 is 16.2 Å². The standard InChI is InChI=1S/C14H11Cl2N3O2S/c15-11-6-5-10(7-12(11)16)17-14(22)19-18-9-3-1-8(2-4-9)13(20)21/h1-7,18H,(H,20,21)(H2,17,19,22). The van der Waals surface area contributed by atoms with Gasteiger partial charge in [-0.25, -0.2) is 4.79 Å². The lowest BCUT2D eigenvalue weighted by molar-refractivity contribution is 0.0697.